The normalized spacial score (nSPS) is 19.6. The zero-order valence-electron chi connectivity index (χ0n) is 13.1. The quantitative estimate of drug-likeness (QED) is 0.719. The van der Waals surface area contributed by atoms with Gasteiger partial charge >= 0.3 is 0 Å². The lowest BCUT2D eigenvalue weighted by Gasteiger charge is -2.19. The van der Waals surface area contributed by atoms with Gasteiger partial charge in [0.15, 0.2) is 5.78 Å². The van der Waals surface area contributed by atoms with Gasteiger partial charge in [-0.05, 0) is 45.2 Å². The van der Waals surface area contributed by atoms with Crippen molar-refractivity contribution in [2.45, 2.75) is 65.5 Å². The van der Waals surface area contributed by atoms with E-state index in [9.17, 15) is 4.79 Å². The second-order valence-electron chi connectivity index (χ2n) is 5.84. The molecule has 0 saturated carbocycles. The van der Waals surface area contributed by atoms with Crippen LogP contribution in [0.2, 0.25) is 0 Å². The molecule has 4 nitrogen and oxygen atoms in total. The molecule has 0 amide bonds. The molecule has 2 rings (SSSR count). The first-order chi connectivity index (χ1) is 9.65. The SMILES string of the molecule is CCCCn1nc(C(=O)CN2CCC[C@@H]2C)cc1CC. The topological polar surface area (TPSA) is 38.1 Å². The Labute approximate surface area is 122 Å². The van der Waals surface area contributed by atoms with Gasteiger partial charge in [0.05, 0.1) is 6.54 Å². The van der Waals surface area contributed by atoms with E-state index >= 15 is 0 Å². The van der Waals surface area contributed by atoms with Crippen molar-refractivity contribution in [1.29, 1.82) is 0 Å². The van der Waals surface area contributed by atoms with Crippen LogP contribution in [0.4, 0.5) is 0 Å². The minimum Gasteiger partial charge on any atom is -0.293 e. The summed E-state index contributed by atoms with van der Waals surface area (Å²) in [5, 5.41) is 4.53. The Morgan fingerprint density at radius 3 is 2.85 bits per heavy atom. The lowest BCUT2D eigenvalue weighted by atomic mass is 10.2. The van der Waals surface area contributed by atoms with Crippen LogP contribution in [0, 0.1) is 0 Å². The number of hydrogen-bond donors (Lipinski definition) is 0. The second kappa shape index (κ2) is 7.02. The third-order valence-electron chi connectivity index (χ3n) is 4.27. The second-order valence-corrected chi connectivity index (χ2v) is 5.84. The predicted molar refractivity (Wildman–Crippen MR) is 81.1 cm³/mol. The lowest BCUT2D eigenvalue weighted by molar-refractivity contribution is 0.0920. The Balaban J connectivity index is 2.03. The van der Waals surface area contributed by atoms with Gasteiger partial charge in [0.25, 0.3) is 0 Å². The summed E-state index contributed by atoms with van der Waals surface area (Å²) in [5.74, 6) is 0.170. The molecular weight excluding hydrogens is 250 g/mol. The van der Waals surface area contributed by atoms with E-state index in [4.69, 9.17) is 0 Å². The first kappa shape index (κ1) is 15.2. The molecule has 0 unspecified atom stereocenters. The minimum atomic E-state index is 0.170. The molecule has 112 valence electrons. The fourth-order valence-corrected chi connectivity index (χ4v) is 2.87. The largest absolute Gasteiger partial charge is 0.293 e. The molecule has 1 saturated heterocycles. The van der Waals surface area contributed by atoms with Crippen molar-refractivity contribution in [3.63, 3.8) is 0 Å². The summed E-state index contributed by atoms with van der Waals surface area (Å²) in [6.45, 7) is 9.00. The number of likely N-dealkylation sites (tertiary alicyclic amines) is 1. The molecule has 20 heavy (non-hydrogen) atoms. The zero-order valence-corrected chi connectivity index (χ0v) is 13.1. The molecule has 0 radical (unpaired) electrons. The average Bonchev–Trinajstić information content (AvgIpc) is 3.03. The number of hydrogen-bond acceptors (Lipinski definition) is 3. The van der Waals surface area contributed by atoms with E-state index in [0.717, 1.165) is 32.4 Å². The van der Waals surface area contributed by atoms with Crippen molar-refractivity contribution in [2.75, 3.05) is 13.1 Å². The summed E-state index contributed by atoms with van der Waals surface area (Å²) in [7, 11) is 0. The van der Waals surface area contributed by atoms with Gasteiger partial charge in [0.1, 0.15) is 5.69 Å². The maximum atomic E-state index is 12.4. The molecule has 1 fully saturated rings. The number of rotatable bonds is 7. The number of aryl methyl sites for hydroxylation is 2. The molecule has 0 bridgehead atoms. The van der Waals surface area contributed by atoms with E-state index in [0.29, 0.717) is 18.3 Å². The van der Waals surface area contributed by atoms with Gasteiger partial charge in [0, 0.05) is 18.3 Å². The molecule has 2 heterocycles. The van der Waals surface area contributed by atoms with Gasteiger partial charge in [-0.2, -0.15) is 5.10 Å². The Morgan fingerprint density at radius 1 is 1.45 bits per heavy atom. The third-order valence-corrected chi connectivity index (χ3v) is 4.27. The highest BCUT2D eigenvalue weighted by atomic mass is 16.1. The van der Waals surface area contributed by atoms with Crippen molar-refractivity contribution >= 4 is 5.78 Å². The van der Waals surface area contributed by atoms with Crippen molar-refractivity contribution < 1.29 is 4.79 Å². The first-order valence-electron chi connectivity index (χ1n) is 7.99. The van der Waals surface area contributed by atoms with E-state index in [-0.39, 0.29) is 5.78 Å². The van der Waals surface area contributed by atoms with Crippen LogP contribution in [0.3, 0.4) is 0 Å². The van der Waals surface area contributed by atoms with E-state index in [2.05, 4.69) is 30.8 Å². The van der Waals surface area contributed by atoms with Gasteiger partial charge in [-0.25, -0.2) is 0 Å². The van der Waals surface area contributed by atoms with Crippen LogP contribution < -0.4 is 0 Å². The molecule has 0 N–H and O–H groups in total. The van der Waals surface area contributed by atoms with E-state index in [1.165, 1.54) is 18.5 Å². The summed E-state index contributed by atoms with van der Waals surface area (Å²) < 4.78 is 2.02. The number of aromatic nitrogens is 2. The van der Waals surface area contributed by atoms with Crippen molar-refractivity contribution in [1.82, 2.24) is 14.7 Å². The van der Waals surface area contributed by atoms with Crippen LogP contribution in [-0.4, -0.2) is 39.6 Å². The monoisotopic (exact) mass is 277 g/mol. The van der Waals surface area contributed by atoms with Gasteiger partial charge in [-0.15, -0.1) is 0 Å². The van der Waals surface area contributed by atoms with Crippen LogP contribution >= 0.6 is 0 Å². The standard InChI is InChI=1S/C16H27N3O/c1-4-6-10-19-14(5-2)11-15(17-19)16(20)12-18-9-7-8-13(18)3/h11,13H,4-10,12H2,1-3H3/t13-/m0/s1. The smallest absolute Gasteiger partial charge is 0.196 e. The Morgan fingerprint density at radius 2 is 2.25 bits per heavy atom. The Bertz CT molecular complexity index is 453. The Hall–Kier alpha value is -1.16. The van der Waals surface area contributed by atoms with Crippen LogP contribution in [0.25, 0.3) is 0 Å². The molecule has 1 aromatic heterocycles. The van der Waals surface area contributed by atoms with Crippen LogP contribution in [0.1, 0.15) is 62.6 Å². The first-order valence-corrected chi connectivity index (χ1v) is 7.99. The molecule has 1 aromatic rings. The number of carbonyl (C=O) groups excluding carboxylic acids is 1. The summed E-state index contributed by atoms with van der Waals surface area (Å²) in [6.07, 6.45) is 5.62. The predicted octanol–water partition coefficient (Wildman–Crippen LogP) is 2.91. The number of unbranched alkanes of at least 4 members (excludes halogenated alkanes) is 1. The lowest BCUT2D eigenvalue weighted by Crippen LogP contribution is -2.32. The van der Waals surface area contributed by atoms with E-state index in [1.807, 2.05) is 10.7 Å². The number of nitrogens with zero attached hydrogens (tertiary/aromatic N) is 3. The molecule has 1 aliphatic rings. The molecule has 0 spiro atoms. The van der Waals surface area contributed by atoms with Gasteiger partial charge < -0.3 is 0 Å². The highest BCUT2D eigenvalue weighted by Crippen LogP contribution is 2.17. The average molecular weight is 277 g/mol. The minimum absolute atomic E-state index is 0.170. The van der Waals surface area contributed by atoms with Crippen LogP contribution in [0.5, 0.6) is 0 Å². The maximum absolute atomic E-state index is 12.4. The molecule has 4 heteroatoms. The van der Waals surface area contributed by atoms with Crippen LogP contribution in [-0.2, 0) is 13.0 Å². The number of carbonyl (C=O) groups is 1. The van der Waals surface area contributed by atoms with E-state index in [1.54, 1.807) is 0 Å². The fraction of sp³-hybridized carbons (Fsp3) is 0.750. The van der Waals surface area contributed by atoms with E-state index < -0.39 is 0 Å². The highest BCUT2D eigenvalue weighted by Gasteiger charge is 2.24. The van der Waals surface area contributed by atoms with Gasteiger partial charge in [-0.3, -0.25) is 14.4 Å². The maximum Gasteiger partial charge on any atom is 0.196 e. The van der Waals surface area contributed by atoms with Crippen molar-refractivity contribution in [3.05, 3.63) is 17.5 Å². The highest BCUT2D eigenvalue weighted by molar-refractivity contribution is 5.96. The molecule has 0 aliphatic carbocycles. The molecule has 1 atom stereocenters. The fourth-order valence-electron chi connectivity index (χ4n) is 2.87. The van der Waals surface area contributed by atoms with Gasteiger partial charge in [-0.1, -0.05) is 20.3 Å². The van der Waals surface area contributed by atoms with Gasteiger partial charge in [0.2, 0.25) is 0 Å². The summed E-state index contributed by atoms with van der Waals surface area (Å²) >= 11 is 0. The van der Waals surface area contributed by atoms with Crippen molar-refractivity contribution in [3.8, 4) is 0 Å². The summed E-state index contributed by atoms with van der Waals surface area (Å²) in [4.78, 5) is 14.7. The third kappa shape index (κ3) is 3.48. The summed E-state index contributed by atoms with van der Waals surface area (Å²) in [5.41, 5.74) is 1.83. The van der Waals surface area contributed by atoms with Crippen molar-refractivity contribution in [2.24, 2.45) is 0 Å². The molecular formula is C16H27N3O. The zero-order chi connectivity index (χ0) is 14.5. The van der Waals surface area contributed by atoms with Crippen LogP contribution in [0.15, 0.2) is 6.07 Å². The number of Topliss-reactive ketones (excluding diaryl/α,β-unsaturated/α-hetero) is 1. The molecule has 1 aliphatic heterocycles. The Kier molecular flexibility index (Phi) is 5.35. The number of ketones is 1. The summed E-state index contributed by atoms with van der Waals surface area (Å²) in [6, 6.07) is 2.52. The molecule has 0 aromatic carbocycles.